The first kappa shape index (κ1) is 25.1. The van der Waals surface area contributed by atoms with Crippen LogP contribution in [-0.4, -0.2) is 36.0 Å². The van der Waals surface area contributed by atoms with Gasteiger partial charge in [-0.2, -0.15) is 0 Å². The molecule has 0 aliphatic carbocycles. The van der Waals surface area contributed by atoms with Crippen LogP contribution in [-0.2, 0) is 4.79 Å². The van der Waals surface area contributed by atoms with E-state index in [-0.39, 0.29) is 35.5 Å². The van der Waals surface area contributed by atoms with Gasteiger partial charge in [0, 0.05) is 16.7 Å². The van der Waals surface area contributed by atoms with E-state index in [0.717, 1.165) is 7.14 Å². The number of carboxylic acids is 1. The van der Waals surface area contributed by atoms with Crippen molar-refractivity contribution in [3.8, 4) is 5.75 Å². The summed E-state index contributed by atoms with van der Waals surface area (Å²) in [6.45, 7) is 6.79. The maximum atomic E-state index is 12.7. The number of carbonyl (C=O) groups excluding carboxylic acids is 2. The quantitative estimate of drug-likeness (QED) is 0.299. The van der Waals surface area contributed by atoms with E-state index in [9.17, 15) is 14.7 Å². The third-order valence-corrected chi connectivity index (χ3v) is 5.97. The van der Waals surface area contributed by atoms with Crippen LogP contribution in [0.15, 0.2) is 6.07 Å². The Kier molecular flexibility index (Phi) is 12.3. The zero-order valence-electron chi connectivity index (χ0n) is 14.0. The van der Waals surface area contributed by atoms with Crippen LogP contribution < -0.4 is 39.4 Å². The van der Waals surface area contributed by atoms with Crippen molar-refractivity contribution in [1.29, 1.82) is 0 Å². The second kappa shape index (κ2) is 11.8. The minimum Gasteiger partial charge on any atom is -0.546 e. The number of carbonyl (C=O) groups is 2. The molecule has 5 nitrogen and oxygen atoms in total. The summed E-state index contributed by atoms with van der Waals surface area (Å²) in [4.78, 5) is 25.6. The fourth-order valence-electron chi connectivity index (χ4n) is 1.99. The zero-order valence-corrected chi connectivity index (χ0v) is 22.5. The van der Waals surface area contributed by atoms with Gasteiger partial charge >= 0.3 is 29.6 Å². The van der Waals surface area contributed by atoms with Gasteiger partial charge in [-0.1, -0.05) is 6.92 Å². The summed E-state index contributed by atoms with van der Waals surface area (Å²) in [7, 11) is 0. The maximum absolute atomic E-state index is 12.7. The molecule has 0 N–H and O–H groups in total. The van der Waals surface area contributed by atoms with Gasteiger partial charge in [0.1, 0.15) is 11.9 Å². The van der Waals surface area contributed by atoms with Gasteiger partial charge in [-0.3, -0.25) is 4.79 Å². The summed E-state index contributed by atoms with van der Waals surface area (Å²) in [5.74, 6) is -0.904. The standard InChI is InChI=1S/C15H18I3NO4.Na/c1-4-10(15(21)22)23-13-9(17)7-8(16)11(12(13)18)14(20)19(5-2)6-3;/h7,10H,4-6H2,1-3H3,(H,21,22);/q;+1/p-1. The SMILES string of the molecule is CCC(Oc1c(I)cc(I)c(C(=O)N(CC)CC)c1I)C(=O)[O-].[Na+]. The van der Waals surface area contributed by atoms with Gasteiger partial charge in [-0.15, -0.1) is 0 Å². The first-order valence-electron chi connectivity index (χ1n) is 7.12. The first-order chi connectivity index (χ1) is 10.8. The van der Waals surface area contributed by atoms with Gasteiger partial charge in [-0.05, 0) is 94.1 Å². The number of aliphatic carboxylic acids is 1. The van der Waals surface area contributed by atoms with E-state index in [1.54, 1.807) is 11.8 Å². The third-order valence-electron chi connectivity index (χ3n) is 3.29. The largest absolute Gasteiger partial charge is 1.00 e. The number of hydrogen-bond acceptors (Lipinski definition) is 4. The van der Waals surface area contributed by atoms with Crippen LogP contribution in [0.4, 0.5) is 0 Å². The Morgan fingerprint density at radius 3 is 2.12 bits per heavy atom. The molecular formula is C15H17I3NNaO4. The molecule has 0 aromatic heterocycles. The number of ether oxygens (including phenoxy) is 1. The molecule has 1 unspecified atom stereocenters. The van der Waals surface area contributed by atoms with Gasteiger partial charge in [0.2, 0.25) is 0 Å². The number of halogens is 3. The summed E-state index contributed by atoms with van der Waals surface area (Å²) < 4.78 is 7.86. The molecule has 0 saturated carbocycles. The van der Waals surface area contributed by atoms with Crippen molar-refractivity contribution in [2.75, 3.05) is 13.1 Å². The molecule has 0 radical (unpaired) electrons. The monoisotopic (exact) mass is 679 g/mol. The molecule has 0 spiro atoms. The predicted molar refractivity (Wildman–Crippen MR) is 112 cm³/mol. The maximum Gasteiger partial charge on any atom is 1.00 e. The van der Waals surface area contributed by atoms with Crippen molar-refractivity contribution in [3.63, 3.8) is 0 Å². The molecule has 1 rings (SSSR count). The molecule has 1 aromatic carbocycles. The Bertz CT molecular complexity index is 609. The molecule has 0 aliphatic rings. The first-order valence-corrected chi connectivity index (χ1v) is 10.4. The number of hydrogen-bond donors (Lipinski definition) is 0. The van der Waals surface area contributed by atoms with Crippen molar-refractivity contribution in [3.05, 3.63) is 22.3 Å². The Morgan fingerprint density at radius 2 is 1.71 bits per heavy atom. The molecule has 1 atom stereocenters. The van der Waals surface area contributed by atoms with E-state index < -0.39 is 12.1 Å². The van der Waals surface area contributed by atoms with Crippen LogP contribution in [0.2, 0.25) is 0 Å². The van der Waals surface area contributed by atoms with Crippen molar-refractivity contribution < 1.29 is 49.0 Å². The van der Waals surface area contributed by atoms with Gasteiger partial charge in [0.15, 0.2) is 0 Å². The second-order valence-electron chi connectivity index (χ2n) is 4.67. The van der Waals surface area contributed by atoms with Crippen molar-refractivity contribution in [2.24, 2.45) is 0 Å². The summed E-state index contributed by atoms with van der Waals surface area (Å²) in [5, 5.41) is 11.1. The fraction of sp³-hybridized carbons (Fsp3) is 0.467. The molecule has 0 aliphatic heterocycles. The zero-order chi connectivity index (χ0) is 17.7. The summed E-state index contributed by atoms with van der Waals surface area (Å²) >= 11 is 6.26. The van der Waals surface area contributed by atoms with E-state index in [4.69, 9.17) is 4.74 Å². The molecule has 1 aromatic rings. The summed E-state index contributed by atoms with van der Waals surface area (Å²) in [6.07, 6.45) is -0.742. The number of rotatable bonds is 7. The third kappa shape index (κ3) is 6.10. The summed E-state index contributed by atoms with van der Waals surface area (Å²) in [6, 6.07) is 1.83. The fourth-order valence-corrected chi connectivity index (χ4v) is 6.07. The Hall–Kier alpha value is 1.15. The Balaban J connectivity index is 0.00000529. The van der Waals surface area contributed by atoms with Crippen LogP contribution in [0, 0.1) is 10.7 Å². The van der Waals surface area contributed by atoms with E-state index >= 15 is 0 Å². The smallest absolute Gasteiger partial charge is 0.546 e. The normalized spacial score (nSPS) is 11.4. The molecule has 0 saturated heterocycles. The molecule has 0 fully saturated rings. The van der Waals surface area contributed by atoms with Crippen molar-refractivity contribution in [1.82, 2.24) is 4.90 Å². The summed E-state index contributed by atoms with van der Waals surface area (Å²) in [5.41, 5.74) is 0.554. The molecule has 9 heteroatoms. The number of benzene rings is 1. The molecule has 128 valence electrons. The van der Waals surface area contributed by atoms with Crippen LogP contribution in [0.1, 0.15) is 37.6 Å². The van der Waals surface area contributed by atoms with Gasteiger partial charge in [0.25, 0.3) is 5.91 Å². The molecule has 1 amide bonds. The average molecular weight is 679 g/mol. The van der Waals surface area contributed by atoms with Gasteiger partial charge in [0.05, 0.1) is 18.7 Å². The van der Waals surface area contributed by atoms with Crippen LogP contribution >= 0.6 is 67.8 Å². The Labute approximate surface area is 205 Å². The predicted octanol–water partition coefficient (Wildman–Crippen LogP) is -0.106. The van der Waals surface area contributed by atoms with E-state index in [1.165, 1.54) is 0 Å². The van der Waals surface area contributed by atoms with E-state index in [1.807, 2.05) is 19.9 Å². The average Bonchev–Trinajstić information content (AvgIpc) is 2.47. The van der Waals surface area contributed by atoms with Crippen LogP contribution in [0.5, 0.6) is 5.75 Å². The van der Waals surface area contributed by atoms with Crippen LogP contribution in [0.3, 0.4) is 0 Å². The number of nitrogens with zero attached hydrogens (tertiary/aromatic N) is 1. The minimum atomic E-state index is -1.26. The topological polar surface area (TPSA) is 69.7 Å². The van der Waals surface area contributed by atoms with Crippen molar-refractivity contribution >= 4 is 79.6 Å². The molecule has 24 heavy (non-hydrogen) atoms. The Morgan fingerprint density at radius 1 is 1.17 bits per heavy atom. The molecular weight excluding hydrogens is 662 g/mol. The minimum absolute atomic E-state index is 0. The van der Waals surface area contributed by atoms with Gasteiger partial charge < -0.3 is 19.5 Å². The van der Waals surface area contributed by atoms with E-state index in [0.29, 0.717) is 34.4 Å². The number of amides is 1. The molecule has 0 bridgehead atoms. The van der Waals surface area contributed by atoms with E-state index in [2.05, 4.69) is 67.8 Å². The van der Waals surface area contributed by atoms with Gasteiger partial charge in [-0.25, -0.2) is 0 Å². The molecule has 0 heterocycles. The second-order valence-corrected chi connectivity index (χ2v) is 8.07. The van der Waals surface area contributed by atoms with Crippen molar-refractivity contribution in [2.45, 2.75) is 33.3 Å². The number of carboxylic acid groups (broad SMARTS) is 1. The van der Waals surface area contributed by atoms with Crippen LogP contribution in [0.25, 0.3) is 0 Å².